The minimum Gasteiger partial charge on any atom is -0.316 e. The molecule has 0 aromatic heterocycles. The molecule has 0 spiro atoms. The number of nitrogens with one attached hydrogen (secondary N) is 1. The lowest BCUT2D eigenvalue weighted by Gasteiger charge is -2.20. The summed E-state index contributed by atoms with van der Waals surface area (Å²) in [4.78, 5) is 0. The van der Waals surface area contributed by atoms with Crippen LogP contribution >= 0.6 is 0 Å². The molecule has 2 unspecified atom stereocenters. The highest BCUT2D eigenvalue weighted by Crippen LogP contribution is 2.18. The second-order valence-corrected chi connectivity index (χ2v) is 7.64. The van der Waals surface area contributed by atoms with E-state index in [0.717, 1.165) is 11.8 Å². The van der Waals surface area contributed by atoms with E-state index in [1.807, 2.05) is 0 Å². The second kappa shape index (κ2) is 18.3. The van der Waals surface area contributed by atoms with Gasteiger partial charge in [-0.3, -0.25) is 0 Å². The van der Waals surface area contributed by atoms with Crippen molar-refractivity contribution in [3.63, 3.8) is 0 Å². The lowest BCUT2D eigenvalue weighted by atomic mass is 9.94. The largest absolute Gasteiger partial charge is 0.316 e. The smallest absolute Gasteiger partial charge is 0.00204 e. The zero-order valence-electron chi connectivity index (χ0n) is 17.0. The van der Waals surface area contributed by atoms with Crippen molar-refractivity contribution in [2.75, 3.05) is 13.1 Å². The van der Waals surface area contributed by atoms with E-state index in [1.165, 1.54) is 103 Å². The van der Waals surface area contributed by atoms with E-state index >= 15 is 0 Å². The van der Waals surface area contributed by atoms with E-state index in [1.54, 1.807) is 0 Å². The van der Waals surface area contributed by atoms with Gasteiger partial charge in [-0.1, -0.05) is 98.3 Å². The first-order valence-electron chi connectivity index (χ1n) is 11.0. The SMILES string of the molecule is CCCCCCCC(CCCCC)CNCC(CC)CCCC. The normalized spacial score (nSPS) is 14.1. The van der Waals surface area contributed by atoms with Gasteiger partial charge < -0.3 is 5.32 Å². The van der Waals surface area contributed by atoms with Gasteiger partial charge in [0.05, 0.1) is 0 Å². The Hall–Kier alpha value is -0.0400. The number of unbranched alkanes of at least 4 members (excludes halogenated alkanes) is 7. The van der Waals surface area contributed by atoms with Crippen LogP contribution in [0.4, 0.5) is 0 Å². The first-order valence-corrected chi connectivity index (χ1v) is 11.0. The van der Waals surface area contributed by atoms with Gasteiger partial charge in [0, 0.05) is 0 Å². The Balaban J connectivity index is 3.92. The maximum Gasteiger partial charge on any atom is -0.00204 e. The molecule has 140 valence electrons. The van der Waals surface area contributed by atoms with Crippen LogP contribution in [0.15, 0.2) is 0 Å². The minimum atomic E-state index is 0.899. The summed E-state index contributed by atoms with van der Waals surface area (Å²) in [6.45, 7) is 11.8. The van der Waals surface area contributed by atoms with Gasteiger partial charge in [-0.25, -0.2) is 0 Å². The van der Waals surface area contributed by atoms with Crippen LogP contribution in [-0.2, 0) is 0 Å². The van der Waals surface area contributed by atoms with Crippen LogP contribution in [0.3, 0.4) is 0 Å². The van der Waals surface area contributed by atoms with E-state index in [4.69, 9.17) is 0 Å². The standard InChI is InChI=1S/C22H47N/c1-5-9-12-13-15-18-22(17-14-10-6-2)20-23-19-21(8-4)16-11-7-3/h21-23H,5-20H2,1-4H3. The average molecular weight is 326 g/mol. The number of hydrogen-bond donors (Lipinski definition) is 1. The predicted octanol–water partition coefficient (Wildman–Crippen LogP) is 7.35. The molecule has 0 radical (unpaired) electrons. The van der Waals surface area contributed by atoms with Crippen molar-refractivity contribution in [1.82, 2.24) is 5.32 Å². The van der Waals surface area contributed by atoms with Gasteiger partial charge in [-0.05, 0) is 44.2 Å². The molecule has 0 rings (SSSR count). The molecule has 0 amide bonds. The number of hydrogen-bond acceptors (Lipinski definition) is 1. The van der Waals surface area contributed by atoms with Gasteiger partial charge in [-0.15, -0.1) is 0 Å². The Labute approximate surface area is 148 Å². The molecule has 0 aliphatic rings. The Kier molecular flexibility index (Phi) is 18.3. The highest BCUT2D eigenvalue weighted by molar-refractivity contribution is 4.67. The topological polar surface area (TPSA) is 12.0 Å². The summed E-state index contributed by atoms with van der Waals surface area (Å²) >= 11 is 0. The fourth-order valence-corrected chi connectivity index (χ4v) is 3.50. The Morgan fingerprint density at radius 2 is 1.00 bits per heavy atom. The fraction of sp³-hybridized carbons (Fsp3) is 1.00. The summed E-state index contributed by atoms with van der Waals surface area (Å²) in [7, 11) is 0. The molecule has 0 aromatic rings. The minimum absolute atomic E-state index is 0.899. The maximum absolute atomic E-state index is 3.82. The zero-order valence-corrected chi connectivity index (χ0v) is 17.0. The molecule has 0 saturated heterocycles. The molecule has 1 heteroatoms. The Morgan fingerprint density at radius 1 is 0.522 bits per heavy atom. The summed E-state index contributed by atoms with van der Waals surface area (Å²) < 4.78 is 0. The summed E-state index contributed by atoms with van der Waals surface area (Å²) in [5.74, 6) is 1.82. The van der Waals surface area contributed by atoms with E-state index in [-0.39, 0.29) is 0 Å². The van der Waals surface area contributed by atoms with Crippen molar-refractivity contribution < 1.29 is 0 Å². The highest BCUT2D eigenvalue weighted by Gasteiger charge is 2.10. The van der Waals surface area contributed by atoms with Crippen LogP contribution in [0, 0.1) is 11.8 Å². The molecule has 0 saturated carbocycles. The van der Waals surface area contributed by atoms with Crippen LogP contribution in [0.25, 0.3) is 0 Å². The molecule has 0 bridgehead atoms. The van der Waals surface area contributed by atoms with Crippen LogP contribution in [-0.4, -0.2) is 13.1 Å². The predicted molar refractivity (Wildman–Crippen MR) is 107 cm³/mol. The first kappa shape index (κ1) is 23.0. The van der Waals surface area contributed by atoms with Crippen LogP contribution in [0.2, 0.25) is 0 Å². The van der Waals surface area contributed by atoms with Crippen LogP contribution in [0.5, 0.6) is 0 Å². The Morgan fingerprint density at radius 3 is 1.61 bits per heavy atom. The van der Waals surface area contributed by atoms with Crippen molar-refractivity contribution in [3.8, 4) is 0 Å². The van der Waals surface area contributed by atoms with Gasteiger partial charge in [0.25, 0.3) is 0 Å². The van der Waals surface area contributed by atoms with Crippen molar-refractivity contribution in [2.45, 2.75) is 118 Å². The molecule has 2 atom stereocenters. The lowest BCUT2D eigenvalue weighted by Crippen LogP contribution is -2.28. The summed E-state index contributed by atoms with van der Waals surface area (Å²) in [6, 6.07) is 0. The molecule has 0 fully saturated rings. The molecule has 0 aliphatic carbocycles. The lowest BCUT2D eigenvalue weighted by molar-refractivity contribution is 0.354. The van der Waals surface area contributed by atoms with Gasteiger partial charge in [0.2, 0.25) is 0 Å². The Bertz CT molecular complexity index is 214. The van der Waals surface area contributed by atoms with Crippen LogP contribution < -0.4 is 5.32 Å². The van der Waals surface area contributed by atoms with Crippen LogP contribution in [0.1, 0.15) is 118 Å². The summed E-state index contributed by atoms with van der Waals surface area (Å²) in [5, 5.41) is 3.82. The van der Waals surface area contributed by atoms with Gasteiger partial charge >= 0.3 is 0 Å². The summed E-state index contributed by atoms with van der Waals surface area (Å²) in [6.07, 6.45) is 19.7. The fourth-order valence-electron chi connectivity index (χ4n) is 3.50. The van der Waals surface area contributed by atoms with Gasteiger partial charge in [-0.2, -0.15) is 0 Å². The molecule has 0 aliphatic heterocycles. The van der Waals surface area contributed by atoms with Crippen molar-refractivity contribution in [3.05, 3.63) is 0 Å². The third-order valence-electron chi connectivity index (χ3n) is 5.34. The third-order valence-corrected chi connectivity index (χ3v) is 5.34. The van der Waals surface area contributed by atoms with Gasteiger partial charge in [0.15, 0.2) is 0 Å². The molecular formula is C22H47N. The molecule has 0 heterocycles. The number of rotatable bonds is 18. The average Bonchev–Trinajstić information content (AvgIpc) is 2.57. The van der Waals surface area contributed by atoms with E-state index in [0.29, 0.717) is 0 Å². The monoisotopic (exact) mass is 325 g/mol. The molecular weight excluding hydrogens is 278 g/mol. The van der Waals surface area contributed by atoms with Crippen molar-refractivity contribution >= 4 is 0 Å². The van der Waals surface area contributed by atoms with E-state index in [2.05, 4.69) is 33.0 Å². The quantitative estimate of drug-likeness (QED) is 0.260. The highest BCUT2D eigenvalue weighted by atomic mass is 14.9. The van der Waals surface area contributed by atoms with Gasteiger partial charge in [0.1, 0.15) is 0 Å². The van der Waals surface area contributed by atoms with Crippen molar-refractivity contribution in [2.24, 2.45) is 11.8 Å². The first-order chi connectivity index (χ1) is 11.3. The molecule has 23 heavy (non-hydrogen) atoms. The summed E-state index contributed by atoms with van der Waals surface area (Å²) in [5.41, 5.74) is 0. The molecule has 1 nitrogen and oxygen atoms in total. The van der Waals surface area contributed by atoms with E-state index < -0.39 is 0 Å². The zero-order chi connectivity index (χ0) is 17.2. The molecule has 1 N–H and O–H groups in total. The third kappa shape index (κ3) is 15.2. The van der Waals surface area contributed by atoms with Crippen molar-refractivity contribution in [1.29, 1.82) is 0 Å². The second-order valence-electron chi connectivity index (χ2n) is 7.64. The van der Waals surface area contributed by atoms with E-state index in [9.17, 15) is 0 Å². The maximum atomic E-state index is 3.82. The molecule has 0 aromatic carbocycles.